The van der Waals surface area contributed by atoms with Crippen LogP contribution in [0.1, 0.15) is 65.0 Å². The zero-order valence-corrected chi connectivity index (χ0v) is 48.0. The highest BCUT2D eigenvalue weighted by atomic mass is 35.5. The van der Waals surface area contributed by atoms with Crippen LogP contribution in [0, 0.1) is 13.8 Å². The molecular weight excluding hydrogens is 1120 g/mol. The van der Waals surface area contributed by atoms with Crippen molar-refractivity contribution in [1.82, 2.24) is 18.3 Å². The van der Waals surface area contributed by atoms with Crippen LogP contribution < -0.4 is 0 Å². The Labute approximate surface area is 505 Å². The molecule has 0 aliphatic carbocycles. The standard InChI is InChI=1S/C19H15F2NO2.2C18H15NO2.C17H12ClNO2/c1-19(20,21)16-5-7-17(8-6-16)22-10-9-15(12-22)13-3-2-4-14(11-13)18(23)24;1-13-4-2-7-17(10-13)19-9-8-16(12-19)14-5-3-6-15(11-14)18(20)21;1-13-5-7-17(8-6-13)19-10-9-16(12-19)14-3-2-4-15(11-14)18(20)21;18-15-4-6-16(7-5-15)19-9-8-14(11-19)12-2-1-3-13(10-12)17(20)21/h2-12H,1H3,(H,23,24);2*2-12H,1H3,(H,20,21);1-11H,(H,20,21). The molecule has 0 saturated carbocycles. The van der Waals surface area contributed by atoms with E-state index in [-0.39, 0.29) is 16.7 Å². The Morgan fingerprint density at radius 3 is 0.954 bits per heavy atom. The van der Waals surface area contributed by atoms with Crippen molar-refractivity contribution in [1.29, 1.82) is 0 Å². The Kier molecular flexibility index (Phi) is 18.8. The van der Waals surface area contributed by atoms with Crippen LogP contribution in [-0.4, -0.2) is 62.6 Å². The van der Waals surface area contributed by atoms with Crippen LogP contribution in [0.4, 0.5) is 8.78 Å². The molecule has 0 atom stereocenters. The number of aryl methyl sites for hydroxylation is 2. The number of halogens is 3. The molecule has 0 bridgehead atoms. The molecule has 434 valence electrons. The minimum absolute atomic E-state index is 0.0345. The second-order valence-electron chi connectivity index (χ2n) is 20.4. The summed E-state index contributed by atoms with van der Waals surface area (Å²) in [6.45, 7) is 4.98. The van der Waals surface area contributed by atoms with Gasteiger partial charge in [0.15, 0.2) is 0 Å². The van der Waals surface area contributed by atoms with Gasteiger partial charge in [0.05, 0.1) is 22.3 Å². The van der Waals surface area contributed by atoms with Gasteiger partial charge in [-0.15, -0.1) is 0 Å². The zero-order chi connectivity index (χ0) is 61.8. The fourth-order valence-corrected chi connectivity index (χ4v) is 9.41. The first-order valence-corrected chi connectivity index (χ1v) is 27.6. The number of alkyl halides is 2. The van der Waals surface area contributed by atoms with Gasteiger partial charge in [-0.3, -0.25) is 0 Å². The summed E-state index contributed by atoms with van der Waals surface area (Å²) in [6.07, 6.45) is 15.5. The van der Waals surface area contributed by atoms with Crippen molar-refractivity contribution in [3.8, 4) is 67.3 Å². The maximum Gasteiger partial charge on any atom is 0.335 e. The molecule has 4 aromatic heterocycles. The largest absolute Gasteiger partial charge is 0.478 e. The Balaban J connectivity index is 0.000000139. The number of benzene rings is 8. The normalized spacial score (nSPS) is 10.8. The first-order valence-electron chi connectivity index (χ1n) is 27.2. The predicted molar refractivity (Wildman–Crippen MR) is 337 cm³/mol. The number of carboxylic acids is 4. The number of hydrogen-bond acceptors (Lipinski definition) is 4. The molecule has 0 aliphatic heterocycles. The number of nitrogens with zero attached hydrogens (tertiary/aromatic N) is 4. The molecule has 12 rings (SSSR count). The molecule has 8 aromatic carbocycles. The number of rotatable bonds is 13. The Morgan fingerprint density at radius 1 is 0.345 bits per heavy atom. The van der Waals surface area contributed by atoms with E-state index in [1.807, 2.05) is 148 Å². The van der Waals surface area contributed by atoms with Crippen molar-refractivity contribution in [2.75, 3.05) is 0 Å². The average Bonchev–Trinajstić information content (AvgIpc) is 4.16. The van der Waals surface area contributed by atoms with E-state index in [2.05, 4.69) is 50.2 Å². The SMILES string of the molecule is CC(F)(F)c1ccc(-n2ccc(-c3cccc(C(=O)O)c3)c2)cc1.Cc1ccc(-n2ccc(-c3cccc(C(=O)O)c3)c2)cc1.Cc1cccc(-n2ccc(-c3cccc(C(=O)O)c3)c2)c1.O=C(O)c1cccc(-c2ccn(-c3ccc(Cl)cc3)c2)c1. The molecular formula is C72H57ClF2N4O8. The minimum atomic E-state index is -2.86. The molecule has 0 unspecified atom stereocenters. The lowest BCUT2D eigenvalue weighted by Crippen LogP contribution is -2.06. The van der Waals surface area contributed by atoms with Gasteiger partial charge in [0, 0.05) is 89.8 Å². The molecule has 0 saturated heterocycles. The van der Waals surface area contributed by atoms with E-state index in [9.17, 15) is 28.0 Å². The average molecular weight is 1180 g/mol. The van der Waals surface area contributed by atoms with Crippen molar-refractivity contribution < 1.29 is 48.4 Å². The molecule has 87 heavy (non-hydrogen) atoms. The van der Waals surface area contributed by atoms with E-state index in [1.165, 1.54) is 29.3 Å². The van der Waals surface area contributed by atoms with Crippen molar-refractivity contribution in [3.63, 3.8) is 0 Å². The zero-order valence-electron chi connectivity index (χ0n) is 47.2. The first kappa shape index (κ1) is 60.5. The molecule has 0 radical (unpaired) electrons. The summed E-state index contributed by atoms with van der Waals surface area (Å²) in [6, 6.07) is 65.4. The van der Waals surface area contributed by atoms with Gasteiger partial charge in [-0.1, -0.05) is 102 Å². The quantitative estimate of drug-likeness (QED) is 0.0884. The summed E-state index contributed by atoms with van der Waals surface area (Å²) in [7, 11) is 0. The molecule has 12 nitrogen and oxygen atoms in total. The number of carboxylic acid groups (broad SMARTS) is 4. The Hall–Kier alpha value is -11.1. The van der Waals surface area contributed by atoms with Crippen molar-refractivity contribution in [2.24, 2.45) is 0 Å². The van der Waals surface area contributed by atoms with Crippen LogP contribution in [0.3, 0.4) is 0 Å². The van der Waals surface area contributed by atoms with E-state index < -0.39 is 29.8 Å². The van der Waals surface area contributed by atoms with Gasteiger partial charge in [-0.05, 0) is 197 Å². The van der Waals surface area contributed by atoms with Gasteiger partial charge < -0.3 is 38.7 Å². The second-order valence-corrected chi connectivity index (χ2v) is 20.8. The lowest BCUT2D eigenvalue weighted by molar-refractivity contribution is 0.0174. The molecule has 12 aromatic rings. The van der Waals surface area contributed by atoms with Crippen LogP contribution in [-0.2, 0) is 5.92 Å². The maximum absolute atomic E-state index is 13.3. The highest BCUT2D eigenvalue weighted by Crippen LogP contribution is 2.30. The number of aromatic carboxylic acids is 4. The van der Waals surface area contributed by atoms with Gasteiger partial charge in [-0.25, -0.2) is 28.0 Å². The summed E-state index contributed by atoms with van der Waals surface area (Å²) in [4.78, 5) is 44.2. The fourth-order valence-electron chi connectivity index (χ4n) is 9.28. The predicted octanol–water partition coefficient (Wildman–Crippen LogP) is 17.8. The third kappa shape index (κ3) is 15.8. The lowest BCUT2D eigenvalue weighted by Gasteiger charge is -2.11. The van der Waals surface area contributed by atoms with Crippen LogP contribution in [0.15, 0.2) is 268 Å². The Bertz CT molecular complexity index is 4240. The summed E-state index contributed by atoms with van der Waals surface area (Å²) in [5.41, 5.74) is 14.7. The Morgan fingerprint density at radius 2 is 0.644 bits per heavy atom. The molecule has 0 aliphatic rings. The van der Waals surface area contributed by atoms with E-state index in [0.29, 0.717) is 16.1 Å². The van der Waals surface area contributed by atoms with Crippen LogP contribution >= 0.6 is 11.6 Å². The third-order valence-corrected chi connectivity index (χ3v) is 14.2. The highest BCUT2D eigenvalue weighted by molar-refractivity contribution is 6.30. The molecule has 4 heterocycles. The fraction of sp³-hybridized carbons (Fsp3) is 0.0556. The van der Waals surface area contributed by atoms with Gasteiger partial charge in [0.2, 0.25) is 0 Å². The van der Waals surface area contributed by atoms with Gasteiger partial charge in [-0.2, -0.15) is 0 Å². The van der Waals surface area contributed by atoms with E-state index in [4.69, 9.17) is 32.0 Å². The topological polar surface area (TPSA) is 169 Å². The maximum atomic E-state index is 13.3. The molecule has 0 amide bonds. The summed E-state index contributed by atoms with van der Waals surface area (Å²) in [5, 5.41) is 36.9. The monoisotopic (exact) mass is 1180 g/mol. The van der Waals surface area contributed by atoms with Gasteiger partial charge in [0.1, 0.15) is 0 Å². The molecule has 0 spiro atoms. The summed E-state index contributed by atoms with van der Waals surface area (Å²) >= 11 is 5.88. The van der Waals surface area contributed by atoms with E-state index in [0.717, 1.165) is 74.2 Å². The highest BCUT2D eigenvalue weighted by Gasteiger charge is 2.24. The van der Waals surface area contributed by atoms with Crippen LogP contribution in [0.2, 0.25) is 5.02 Å². The smallest absolute Gasteiger partial charge is 0.335 e. The molecule has 4 N–H and O–H groups in total. The third-order valence-electron chi connectivity index (χ3n) is 14.0. The number of aromatic nitrogens is 4. The van der Waals surface area contributed by atoms with E-state index in [1.54, 1.807) is 83.4 Å². The van der Waals surface area contributed by atoms with E-state index >= 15 is 0 Å². The second kappa shape index (κ2) is 27.1. The number of carbonyl (C=O) groups is 4. The van der Waals surface area contributed by atoms with Crippen molar-refractivity contribution in [2.45, 2.75) is 26.7 Å². The summed E-state index contributed by atoms with van der Waals surface area (Å²) in [5.74, 6) is -6.58. The van der Waals surface area contributed by atoms with Gasteiger partial charge in [0.25, 0.3) is 5.92 Å². The summed E-state index contributed by atoms with van der Waals surface area (Å²) < 4.78 is 34.4. The van der Waals surface area contributed by atoms with Crippen LogP contribution in [0.5, 0.6) is 0 Å². The molecule has 0 fully saturated rings. The molecule has 15 heteroatoms. The van der Waals surface area contributed by atoms with Crippen molar-refractivity contribution >= 4 is 35.5 Å². The lowest BCUT2D eigenvalue weighted by atomic mass is 10.1. The minimum Gasteiger partial charge on any atom is -0.478 e. The van der Waals surface area contributed by atoms with Gasteiger partial charge >= 0.3 is 23.9 Å². The first-order chi connectivity index (χ1) is 41.7. The number of hydrogen-bond donors (Lipinski definition) is 4. The van der Waals surface area contributed by atoms with Crippen molar-refractivity contribution in [3.05, 3.63) is 312 Å². The van der Waals surface area contributed by atoms with Crippen LogP contribution in [0.25, 0.3) is 67.3 Å².